The molecule has 0 saturated heterocycles. The van der Waals surface area contributed by atoms with Gasteiger partial charge in [-0.1, -0.05) is 5.92 Å². The summed E-state index contributed by atoms with van der Waals surface area (Å²) in [7, 11) is 0. The molecule has 1 heterocycles. The maximum atomic E-state index is 10.9. The van der Waals surface area contributed by atoms with Crippen molar-refractivity contribution in [3.05, 3.63) is 27.0 Å². The normalized spacial score (nSPS) is 8.42. The fourth-order valence-electron chi connectivity index (χ4n) is 0.632. The van der Waals surface area contributed by atoms with E-state index >= 15 is 0 Å². The van der Waals surface area contributed by atoms with E-state index in [4.69, 9.17) is 0 Å². The van der Waals surface area contributed by atoms with Gasteiger partial charge in [-0.3, -0.25) is 9.78 Å². The van der Waals surface area contributed by atoms with E-state index in [9.17, 15) is 9.59 Å². The molecule has 1 aromatic heterocycles. The van der Waals surface area contributed by atoms with Crippen molar-refractivity contribution in [1.29, 1.82) is 0 Å². The van der Waals surface area contributed by atoms with Gasteiger partial charge in [0.1, 0.15) is 5.69 Å². The van der Waals surface area contributed by atoms with Crippen LogP contribution in [0.2, 0.25) is 0 Å². The van der Waals surface area contributed by atoms with Crippen LogP contribution in [0.3, 0.4) is 0 Å². The van der Waals surface area contributed by atoms with Crippen LogP contribution in [0, 0.1) is 12.0 Å². The van der Waals surface area contributed by atoms with Crippen molar-refractivity contribution in [3.63, 3.8) is 0 Å². The van der Waals surface area contributed by atoms with Crippen LogP contribution in [-0.2, 0) is 0 Å². The summed E-state index contributed by atoms with van der Waals surface area (Å²) in [5.74, 6) is 2.55. The Morgan fingerprint density at radius 1 is 1.50 bits per heavy atom. The molecule has 0 saturated carbocycles. The summed E-state index contributed by atoms with van der Waals surface area (Å²) in [6.07, 6.45) is 1.27. The van der Waals surface area contributed by atoms with E-state index in [1.54, 1.807) is 6.92 Å². The van der Waals surface area contributed by atoms with E-state index < -0.39 is 11.2 Å². The Morgan fingerprint density at radius 3 is 2.83 bits per heavy atom. The fourth-order valence-corrected chi connectivity index (χ4v) is 0.632. The molecule has 0 bridgehead atoms. The molecule has 0 spiro atoms. The minimum atomic E-state index is -0.532. The molecule has 0 aliphatic rings. The predicted molar refractivity (Wildman–Crippen MR) is 44.8 cm³/mol. The summed E-state index contributed by atoms with van der Waals surface area (Å²) >= 11 is 0. The van der Waals surface area contributed by atoms with Gasteiger partial charge in [-0.2, -0.15) is 0 Å². The second kappa shape index (κ2) is 3.44. The summed E-state index contributed by atoms with van der Waals surface area (Å²) in [6, 6.07) is 2.48. The number of hydrogen-bond acceptors (Lipinski definition) is 3. The van der Waals surface area contributed by atoms with Crippen LogP contribution in [0.25, 0.3) is 0 Å². The summed E-state index contributed by atoms with van der Waals surface area (Å²) < 4.78 is 0. The highest BCUT2D eigenvalue weighted by Gasteiger charge is 1.94. The number of rotatable bonds is 1. The van der Waals surface area contributed by atoms with Crippen molar-refractivity contribution < 1.29 is 0 Å². The van der Waals surface area contributed by atoms with Crippen LogP contribution in [0.1, 0.15) is 6.92 Å². The number of H-pyrrole nitrogens is 2. The van der Waals surface area contributed by atoms with Crippen LogP contribution >= 0.6 is 0 Å². The molecule has 5 nitrogen and oxygen atoms in total. The molecule has 0 unspecified atom stereocenters. The molecular weight excluding hydrogens is 158 g/mol. The van der Waals surface area contributed by atoms with Gasteiger partial charge < -0.3 is 10.3 Å². The molecule has 3 N–H and O–H groups in total. The monoisotopic (exact) mass is 165 g/mol. The minimum absolute atomic E-state index is 0.226. The van der Waals surface area contributed by atoms with Gasteiger partial charge in [0, 0.05) is 12.2 Å². The Kier molecular flexibility index (Phi) is 2.33. The van der Waals surface area contributed by atoms with Gasteiger partial charge in [0.2, 0.25) is 0 Å². The first-order valence-corrected chi connectivity index (χ1v) is 3.24. The third kappa shape index (κ3) is 1.76. The maximum Gasteiger partial charge on any atom is 0.325 e. The van der Waals surface area contributed by atoms with Crippen molar-refractivity contribution in [2.75, 3.05) is 5.32 Å². The summed E-state index contributed by atoms with van der Waals surface area (Å²) in [5, 5.41) is 2.51. The molecule has 0 aliphatic carbocycles. The molecule has 0 fully saturated rings. The van der Waals surface area contributed by atoms with Gasteiger partial charge in [0.25, 0.3) is 5.56 Å². The van der Waals surface area contributed by atoms with Gasteiger partial charge in [0.05, 0.1) is 0 Å². The van der Waals surface area contributed by atoms with Crippen molar-refractivity contribution in [1.82, 2.24) is 9.97 Å². The van der Waals surface area contributed by atoms with E-state index in [1.165, 1.54) is 6.20 Å². The zero-order chi connectivity index (χ0) is 8.97. The van der Waals surface area contributed by atoms with Gasteiger partial charge >= 0.3 is 5.69 Å². The lowest BCUT2D eigenvalue weighted by Gasteiger charge is -1.93. The summed E-state index contributed by atoms with van der Waals surface area (Å²) in [5.41, 5.74) is -0.791. The van der Waals surface area contributed by atoms with Gasteiger partial charge in [-0.05, 0) is 6.92 Å². The lowest BCUT2D eigenvalue weighted by atomic mass is 10.5. The summed E-state index contributed by atoms with van der Waals surface area (Å²) in [6.45, 7) is 1.63. The summed E-state index contributed by atoms with van der Waals surface area (Å²) in [4.78, 5) is 25.8. The molecule has 1 rings (SSSR count). The maximum absolute atomic E-state index is 10.9. The molecule has 0 aromatic carbocycles. The standard InChI is InChI=1S/C7H7N3O2/c1-2-3-8-5-4-9-7(12)10-6(5)11/h4,8H,1H3,(H2,9,10,11,12). The van der Waals surface area contributed by atoms with Crippen LogP contribution in [0.5, 0.6) is 0 Å². The van der Waals surface area contributed by atoms with E-state index in [0.717, 1.165) is 0 Å². The first kappa shape index (κ1) is 8.14. The van der Waals surface area contributed by atoms with Crippen LogP contribution in [0.15, 0.2) is 15.8 Å². The van der Waals surface area contributed by atoms with Crippen LogP contribution in [0.4, 0.5) is 5.69 Å². The first-order chi connectivity index (χ1) is 5.74. The number of hydrogen-bond donors (Lipinski definition) is 3. The zero-order valence-corrected chi connectivity index (χ0v) is 6.39. The fraction of sp³-hybridized carbons (Fsp3) is 0.143. The van der Waals surface area contributed by atoms with E-state index in [-0.39, 0.29) is 5.69 Å². The van der Waals surface area contributed by atoms with E-state index in [1.807, 2.05) is 0 Å². The molecule has 1 aromatic rings. The average molecular weight is 165 g/mol. The van der Waals surface area contributed by atoms with Crippen molar-refractivity contribution in [2.45, 2.75) is 6.92 Å². The topological polar surface area (TPSA) is 77.8 Å². The number of aromatic nitrogens is 2. The highest BCUT2D eigenvalue weighted by atomic mass is 16.2. The zero-order valence-electron chi connectivity index (χ0n) is 6.39. The Hall–Kier alpha value is -1.96. The van der Waals surface area contributed by atoms with Gasteiger partial charge in [0.15, 0.2) is 0 Å². The highest BCUT2D eigenvalue weighted by molar-refractivity contribution is 5.42. The van der Waals surface area contributed by atoms with Crippen molar-refractivity contribution >= 4 is 5.69 Å². The molecule has 0 atom stereocenters. The second-order valence-electron chi connectivity index (χ2n) is 1.99. The van der Waals surface area contributed by atoms with Crippen molar-refractivity contribution in [3.8, 4) is 12.0 Å². The number of aromatic amines is 2. The predicted octanol–water partition coefficient (Wildman–Crippen LogP) is -0.544. The Labute approximate surface area is 67.8 Å². The molecule has 0 radical (unpaired) electrons. The molecule has 62 valence electrons. The van der Waals surface area contributed by atoms with Crippen molar-refractivity contribution in [2.24, 2.45) is 0 Å². The number of anilines is 1. The van der Waals surface area contributed by atoms with Gasteiger partial charge in [-0.15, -0.1) is 0 Å². The highest BCUT2D eigenvalue weighted by Crippen LogP contribution is 1.88. The second-order valence-corrected chi connectivity index (χ2v) is 1.99. The lowest BCUT2D eigenvalue weighted by Crippen LogP contribution is -2.23. The third-order valence-corrected chi connectivity index (χ3v) is 1.14. The average Bonchev–Trinajstić information content (AvgIpc) is 2.03. The van der Waals surface area contributed by atoms with Gasteiger partial charge in [-0.25, -0.2) is 4.79 Å². The molecule has 0 aliphatic heterocycles. The Morgan fingerprint density at radius 2 is 2.25 bits per heavy atom. The van der Waals surface area contributed by atoms with Crippen LogP contribution in [-0.4, -0.2) is 9.97 Å². The van der Waals surface area contributed by atoms with Crippen LogP contribution < -0.4 is 16.6 Å². The molecule has 12 heavy (non-hydrogen) atoms. The smallest absolute Gasteiger partial charge is 0.312 e. The van der Waals surface area contributed by atoms with E-state index in [2.05, 4.69) is 27.2 Å². The Bertz CT molecular complexity index is 432. The lowest BCUT2D eigenvalue weighted by molar-refractivity contribution is 1.04. The molecule has 0 amide bonds. The molecule has 5 heteroatoms. The minimum Gasteiger partial charge on any atom is -0.312 e. The Balaban J connectivity index is 3.08. The van der Waals surface area contributed by atoms with E-state index in [0.29, 0.717) is 0 Å². The largest absolute Gasteiger partial charge is 0.325 e. The quantitative estimate of drug-likeness (QED) is 0.386. The molecular formula is C7H7N3O2. The first-order valence-electron chi connectivity index (χ1n) is 3.24. The SMILES string of the molecule is CC#CNc1c[nH]c(=O)[nH]c1=O. The third-order valence-electron chi connectivity index (χ3n) is 1.14. The number of nitrogens with one attached hydrogen (secondary N) is 3.